The smallest absolute Gasteiger partial charge is 0.335 e. The molecule has 0 aromatic heterocycles. The summed E-state index contributed by atoms with van der Waals surface area (Å²) in [6, 6.07) is 12.6. The number of hydrogen-bond donors (Lipinski definition) is 1. The van der Waals surface area contributed by atoms with Crippen molar-refractivity contribution >= 4 is 11.5 Å². The first-order valence-corrected chi connectivity index (χ1v) is 7.05. The van der Waals surface area contributed by atoms with Crippen molar-refractivity contribution in [3.8, 4) is 11.5 Å². The number of fused-ring (bicyclic) bond motifs is 1. The van der Waals surface area contributed by atoms with Gasteiger partial charge in [-0.05, 0) is 29.8 Å². The minimum atomic E-state index is -0.952. The molecule has 0 saturated heterocycles. The molecule has 0 amide bonds. The van der Waals surface area contributed by atoms with Gasteiger partial charge in [-0.3, -0.25) is 0 Å². The van der Waals surface area contributed by atoms with E-state index in [2.05, 4.69) is 6.08 Å². The van der Waals surface area contributed by atoms with Gasteiger partial charge in [0.25, 0.3) is 0 Å². The third-order valence-corrected chi connectivity index (χ3v) is 3.64. The van der Waals surface area contributed by atoms with Crippen molar-refractivity contribution in [2.75, 3.05) is 13.7 Å². The molecule has 1 heterocycles. The number of benzene rings is 2. The van der Waals surface area contributed by atoms with Gasteiger partial charge in [0.15, 0.2) is 0 Å². The van der Waals surface area contributed by atoms with Crippen molar-refractivity contribution in [2.45, 2.75) is 6.42 Å². The van der Waals surface area contributed by atoms with E-state index in [4.69, 9.17) is 9.47 Å². The second-order valence-electron chi connectivity index (χ2n) is 4.97. The Hall–Kier alpha value is -2.75. The lowest BCUT2D eigenvalue weighted by Crippen LogP contribution is -2.01. The van der Waals surface area contributed by atoms with Crippen LogP contribution in [0.25, 0.3) is 5.57 Å². The Balaban J connectivity index is 2.19. The molecular weight excluding hydrogens is 280 g/mol. The monoisotopic (exact) mass is 296 g/mol. The second kappa shape index (κ2) is 5.93. The molecule has 2 aromatic carbocycles. The number of rotatable bonds is 3. The van der Waals surface area contributed by atoms with Crippen LogP contribution in [0.15, 0.2) is 48.5 Å². The largest absolute Gasteiger partial charge is 0.496 e. The molecule has 4 nitrogen and oxygen atoms in total. The van der Waals surface area contributed by atoms with Gasteiger partial charge in [0, 0.05) is 17.5 Å². The van der Waals surface area contributed by atoms with E-state index in [0.29, 0.717) is 12.4 Å². The maximum atomic E-state index is 11.3. The SMILES string of the molecule is COc1ccccc1C1=CCCOc2ccc(C(=O)O)cc21. The fourth-order valence-electron chi connectivity index (χ4n) is 2.60. The number of carbonyl (C=O) groups is 1. The van der Waals surface area contributed by atoms with E-state index in [9.17, 15) is 9.90 Å². The minimum Gasteiger partial charge on any atom is -0.496 e. The number of hydrogen-bond acceptors (Lipinski definition) is 3. The molecule has 22 heavy (non-hydrogen) atoms. The lowest BCUT2D eigenvalue weighted by molar-refractivity contribution is 0.0697. The second-order valence-corrected chi connectivity index (χ2v) is 4.97. The zero-order valence-corrected chi connectivity index (χ0v) is 12.2. The Morgan fingerprint density at radius 2 is 2.00 bits per heavy atom. The molecule has 0 bridgehead atoms. The van der Waals surface area contributed by atoms with E-state index in [-0.39, 0.29) is 5.56 Å². The molecule has 0 aliphatic carbocycles. The van der Waals surface area contributed by atoms with Crippen LogP contribution in [0.4, 0.5) is 0 Å². The molecule has 0 fully saturated rings. The fraction of sp³-hybridized carbons (Fsp3) is 0.167. The van der Waals surface area contributed by atoms with Gasteiger partial charge < -0.3 is 14.6 Å². The predicted molar refractivity (Wildman–Crippen MR) is 83.6 cm³/mol. The summed E-state index contributed by atoms with van der Waals surface area (Å²) in [6.07, 6.45) is 2.82. The summed E-state index contributed by atoms with van der Waals surface area (Å²) in [5.41, 5.74) is 2.89. The maximum absolute atomic E-state index is 11.3. The highest BCUT2D eigenvalue weighted by Gasteiger charge is 2.19. The highest BCUT2D eigenvalue weighted by atomic mass is 16.5. The van der Waals surface area contributed by atoms with Gasteiger partial charge >= 0.3 is 5.97 Å². The van der Waals surface area contributed by atoms with Crippen LogP contribution in [-0.2, 0) is 0 Å². The van der Waals surface area contributed by atoms with Crippen molar-refractivity contribution in [1.82, 2.24) is 0 Å². The van der Waals surface area contributed by atoms with Crippen molar-refractivity contribution in [3.05, 3.63) is 65.2 Å². The molecule has 0 radical (unpaired) electrons. The Morgan fingerprint density at radius 3 is 2.77 bits per heavy atom. The molecule has 4 heteroatoms. The number of aromatic carboxylic acids is 1. The third kappa shape index (κ3) is 2.55. The Kier molecular flexibility index (Phi) is 3.83. The van der Waals surface area contributed by atoms with Gasteiger partial charge in [0.2, 0.25) is 0 Å². The van der Waals surface area contributed by atoms with Crippen LogP contribution in [0.3, 0.4) is 0 Å². The number of carboxylic acid groups (broad SMARTS) is 1. The predicted octanol–water partition coefficient (Wildman–Crippen LogP) is 3.61. The van der Waals surface area contributed by atoms with Crippen molar-refractivity contribution in [3.63, 3.8) is 0 Å². The van der Waals surface area contributed by atoms with E-state index >= 15 is 0 Å². The van der Waals surface area contributed by atoms with Gasteiger partial charge in [0.1, 0.15) is 11.5 Å². The normalized spacial score (nSPS) is 13.4. The van der Waals surface area contributed by atoms with Gasteiger partial charge in [-0.1, -0.05) is 24.3 Å². The third-order valence-electron chi connectivity index (χ3n) is 3.64. The molecule has 3 rings (SSSR count). The summed E-state index contributed by atoms with van der Waals surface area (Å²) < 4.78 is 11.2. The number of ether oxygens (including phenoxy) is 2. The minimum absolute atomic E-state index is 0.241. The van der Waals surface area contributed by atoms with E-state index in [1.807, 2.05) is 24.3 Å². The maximum Gasteiger partial charge on any atom is 0.335 e. The first-order valence-electron chi connectivity index (χ1n) is 7.05. The van der Waals surface area contributed by atoms with Gasteiger partial charge in [0.05, 0.1) is 19.3 Å². The molecule has 0 saturated carbocycles. The van der Waals surface area contributed by atoms with Crippen molar-refractivity contribution in [1.29, 1.82) is 0 Å². The lowest BCUT2D eigenvalue weighted by atomic mass is 9.94. The first-order chi connectivity index (χ1) is 10.7. The quantitative estimate of drug-likeness (QED) is 0.940. The molecule has 1 N–H and O–H groups in total. The van der Waals surface area contributed by atoms with Crippen LogP contribution in [0.5, 0.6) is 11.5 Å². The molecule has 1 aliphatic rings. The molecular formula is C18H16O4. The highest BCUT2D eigenvalue weighted by Crippen LogP contribution is 2.38. The van der Waals surface area contributed by atoms with Crippen LogP contribution in [-0.4, -0.2) is 24.8 Å². The van der Waals surface area contributed by atoms with Crippen LogP contribution in [0, 0.1) is 0 Å². The van der Waals surface area contributed by atoms with Crippen molar-refractivity contribution in [2.24, 2.45) is 0 Å². The zero-order chi connectivity index (χ0) is 15.5. The Labute approximate surface area is 128 Å². The average molecular weight is 296 g/mol. The lowest BCUT2D eigenvalue weighted by Gasteiger charge is -2.14. The fourth-order valence-corrected chi connectivity index (χ4v) is 2.60. The molecule has 0 spiro atoms. The van der Waals surface area contributed by atoms with E-state index in [0.717, 1.165) is 28.9 Å². The topological polar surface area (TPSA) is 55.8 Å². The molecule has 2 aromatic rings. The number of para-hydroxylation sites is 1. The summed E-state index contributed by atoms with van der Waals surface area (Å²) in [4.78, 5) is 11.3. The van der Waals surface area contributed by atoms with Crippen molar-refractivity contribution < 1.29 is 19.4 Å². The number of methoxy groups -OCH3 is 1. The summed E-state index contributed by atoms with van der Waals surface area (Å²) in [6.45, 7) is 0.568. The van der Waals surface area contributed by atoms with E-state index in [1.165, 1.54) is 0 Å². The summed E-state index contributed by atoms with van der Waals surface area (Å²) in [7, 11) is 1.63. The van der Waals surface area contributed by atoms with Crippen LogP contribution < -0.4 is 9.47 Å². The molecule has 1 aliphatic heterocycles. The Morgan fingerprint density at radius 1 is 1.18 bits per heavy atom. The standard InChI is InChI=1S/C18H16O4/c1-21-16-7-3-2-5-14(16)13-6-4-10-22-17-9-8-12(18(19)20)11-15(13)17/h2-3,5-9,11H,4,10H2,1H3,(H,19,20). The highest BCUT2D eigenvalue weighted by molar-refractivity contribution is 5.92. The van der Waals surface area contributed by atoms with Gasteiger partial charge in [-0.2, -0.15) is 0 Å². The van der Waals surface area contributed by atoms with Crippen LogP contribution >= 0.6 is 0 Å². The zero-order valence-electron chi connectivity index (χ0n) is 12.2. The molecule has 0 atom stereocenters. The number of carboxylic acids is 1. The van der Waals surface area contributed by atoms with Crippen LogP contribution in [0.1, 0.15) is 27.9 Å². The van der Waals surface area contributed by atoms with Gasteiger partial charge in [-0.25, -0.2) is 4.79 Å². The van der Waals surface area contributed by atoms with Crippen LogP contribution in [0.2, 0.25) is 0 Å². The average Bonchev–Trinajstić information content (AvgIpc) is 2.76. The first kappa shape index (κ1) is 14.2. The van der Waals surface area contributed by atoms with E-state index < -0.39 is 5.97 Å². The summed E-state index contributed by atoms with van der Waals surface area (Å²) in [5.74, 6) is 0.494. The molecule has 112 valence electrons. The molecule has 0 unspecified atom stereocenters. The van der Waals surface area contributed by atoms with Gasteiger partial charge in [-0.15, -0.1) is 0 Å². The summed E-state index contributed by atoms with van der Waals surface area (Å²) in [5, 5.41) is 9.23. The summed E-state index contributed by atoms with van der Waals surface area (Å²) >= 11 is 0. The van der Waals surface area contributed by atoms with E-state index in [1.54, 1.807) is 25.3 Å². The Bertz CT molecular complexity index is 747.